The fraction of sp³-hybridized carbons (Fsp3) is 0.400. The molecule has 1 unspecified atom stereocenters. The van der Waals surface area contributed by atoms with Crippen LogP contribution in [0.1, 0.15) is 24.5 Å². The maximum absolute atomic E-state index is 5.60. The second-order valence-electron chi connectivity index (χ2n) is 3.49. The van der Waals surface area contributed by atoms with Gasteiger partial charge in [-0.25, -0.2) is 10.4 Å². The van der Waals surface area contributed by atoms with Crippen LogP contribution in [-0.2, 0) is 6.54 Å². The van der Waals surface area contributed by atoms with Crippen molar-refractivity contribution in [3.63, 3.8) is 0 Å². The van der Waals surface area contributed by atoms with Crippen LogP contribution in [0.2, 0.25) is 0 Å². The van der Waals surface area contributed by atoms with Gasteiger partial charge in [-0.2, -0.15) is 5.10 Å². The predicted molar refractivity (Wildman–Crippen MR) is 62.2 cm³/mol. The second-order valence-corrected chi connectivity index (χ2v) is 3.49. The lowest BCUT2D eigenvalue weighted by Crippen LogP contribution is -2.31. The van der Waals surface area contributed by atoms with Gasteiger partial charge in [0.2, 0.25) is 0 Å². The molecule has 4 N–H and O–H groups in total. The molecule has 0 spiro atoms. The smallest absolute Gasteiger partial charge is 0.162 e. The van der Waals surface area contributed by atoms with Gasteiger partial charge in [0.15, 0.2) is 5.75 Å². The molecule has 7 heteroatoms. The number of ether oxygens (including phenoxy) is 1. The highest BCUT2D eigenvalue weighted by atomic mass is 16.5. The van der Waals surface area contributed by atoms with E-state index in [2.05, 4.69) is 20.5 Å². The molecule has 2 heterocycles. The minimum Gasteiger partial charge on any atom is -0.493 e. The number of nitrogens with two attached hydrogens (primary N) is 1. The summed E-state index contributed by atoms with van der Waals surface area (Å²) in [7, 11) is 1.61. The van der Waals surface area contributed by atoms with Gasteiger partial charge in [0.25, 0.3) is 0 Å². The molecule has 0 saturated carbocycles. The number of hydrogen-bond acceptors (Lipinski definition) is 5. The lowest BCUT2D eigenvalue weighted by Gasteiger charge is -2.16. The van der Waals surface area contributed by atoms with E-state index in [0.717, 1.165) is 18.1 Å². The van der Waals surface area contributed by atoms with E-state index in [1.165, 1.54) is 0 Å². The number of aromatic amines is 1. The Labute approximate surface area is 99.0 Å². The molecule has 2 rings (SSSR count). The Morgan fingerprint density at radius 2 is 2.47 bits per heavy atom. The van der Waals surface area contributed by atoms with Crippen LogP contribution in [0.25, 0.3) is 0 Å². The minimum atomic E-state index is -0.276. The van der Waals surface area contributed by atoms with Crippen LogP contribution in [0.15, 0.2) is 18.6 Å². The average Bonchev–Trinajstić information content (AvgIpc) is 2.99. The quantitative estimate of drug-likeness (QED) is 0.509. The number of nitrogens with one attached hydrogen (secondary N) is 2. The molecule has 17 heavy (non-hydrogen) atoms. The van der Waals surface area contributed by atoms with E-state index in [-0.39, 0.29) is 6.04 Å². The maximum Gasteiger partial charge on any atom is 0.162 e. The van der Waals surface area contributed by atoms with Gasteiger partial charge in [0.1, 0.15) is 17.6 Å². The first-order chi connectivity index (χ1) is 8.31. The maximum atomic E-state index is 5.60. The van der Waals surface area contributed by atoms with Crippen molar-refractivity contribution in [3.8, 4) is 5.75 Å². The Bertz CT molecular complexity index is 442. The van der Waals surface area contributed by atoms with Crippen molar-refractivity contribution >= 4 is 0 Å². The molecule has 0 fully saturated rings. The van der Waals surface area contributed by atoms with E-state index < -0.39 is 0 Å². The molecule has 0 aromatic carbocycles. The second kappa shape index (κ2) is 4.98. The fourth-order valence-corrected chi connectivity index (χ4v) is 1.80. The van der Waals surface area contributed by atoms with Crippen LogP contribution in [0.5, 0.6) is 5.75 Å². The zero-order valence-electron chi connectivity index (χ0n) is 9.84. The number of H-pyrrole nitrogens is 1. The van der Waals surface area contributed by atoms with Crippen LogP contribution < -0.4 is 16.0 Å². The largest absolute Gasteiger partial charge is 0.493 e. The third-order valence-electron chi connectivity index (χ3n) is 2.60. The third-order valence-corrected chi connectivity index (χ3v) is 2.60. The van der Waals surface area contributed by atoms with Crippen molar-refractivity contribution in [2.24, 2.45) is 5.84 Å². The van der Waals surface area contributed by atoms with Crippen molar-refractivity contribution < 1.29 is 4.74 Å². The minimum absolute atomic E-state index is 0.276. The molecule has 0 saturated heterocycles. The molecule has 7 nitrogen and oxygen atoms in total. The van der Waals surface area contributed by atoms with Crippen molar-refractivity contribution in [2.45, 2.75) is 19.5 Å². The van der Waals surface area contributed by atoms with Gasteiger partial charge in [0.05, 0.1) is 13.3 Å². The zero-order chi connectivity index (χ0) is 12.3. The first-order valence-corrected chi connectivity index (χ1v) is 5.36. The van der Waals surface area contributed by atoms with E-state index in [4.69, 9.17) is 10.6 Å². The number of nitrogens with zero attached hydrogens (tertiary/aromatic N) is 3. The van der Waals surface area contributed by atoms with E-state index in [1.54, 1.807) is 25.7 Å². The topological polar surface area (TPSA) is 93.8 Å². The Morgan fingerprint density at radius 3 is 3.00 bits per heavy atom. The van der Waals surface area contributed by atoms with Crippen molar-refractivity contribution in [1.29, 1.82) is 0 Å². The summed E-state index contributed by atoms with van der Waals surface area (Å²) in [6.45, 7) is 2.74. The third kappa shape index (κ3) is 2.02. The Morgan fingerprint density at radius 1 is 1.65 bits per heavy atom. The highest BCUT2D eigenvalue weighted by Crippen LogP contribution is 2.27. The monoisotopic (exact) mass is 236 g/mol. The molecular weight excluding hydrogens is 220 g/mol. The summed E-state index contributed by atoms with van der Waals surface area (Å²) in [6, 6.07) is -0.276. The fourth-order valence-electron chi connectivity index (χ4n) is 1.80. The lowest BCUT2D eigenvalue weighted by molar-refractivity contribution is 0.398. The summed E-state index contributed by atoms with van der Waals surface area (Å²) in [5.74, 6) is 7.01. The van der Waals surface area contributed by atoms with E-state index >= 15 is 0 Å². The summed E-state index contributed by atoms with van der Waals surface area (Å²) in [4.78, 5) is 7.23. The SMILES string of the molecule is CCn1ncc(OC)c1C(NN)c1ncc[nH]1. The van der Waals surface area contributed by atoms with Crippen LogP contribution in [0, 0.1) is 0 Å². The van der Waals surface area contributed by atoms with E-state index in [0.29, 0.717) is 5.75 Å². The lowest BCUT2D eigenvalue weighted by atomic mass is 10.2. The van der Waals surface area contributed by atoms with Crippen LogP contribution in [-0.4, -0.2) is 26.9 Å². The molecular formula is C10H16N6O. The Kier molecular flexibility index (Phi) is 3.40. The number of imidazole rings is 1. The van der Waals surface area contributed by atoms with Gasteiger partial charge in [-0.05, 0) is 6.92 Å². The van der Waals surface area contributed by atoms with Crippen LogP contribution in [0.3, 0.4) is 0 Å². The summed E-state index contributed by atoms with van der Waals surface area (Å²) < 4.78 is 7.11. The number of aromatic nitrogens is 4. The number of methoxy groups -OCH3 is 1. The molecule has 0 aliphatic carbocycles. The van der Waals surface area contributed by atoms with Crippen molar-refractivity contribution in [3.05, 3.63) is 30.1 Å². The molecule has 1 atom stereocenters. The highest BCUT2D eigenvalue weighted by molar-refractivity contribution is 5.32. The van der Waals surface area contributed by atoms with Gasteiger partial charge in [-0.3, -0.25) is 10.5 Å². The van der Waals surface area contributed by atoms with Gasteiger partial charge in [0, 0.05) is 18.9 Å². The van der Waals surface area contributed by atoms with Crippen LogP contribution >= 0.6 is 0 Å². The summed E-state index contributed by atoms with van der Waals surface area (Å²) >= 11 is 0. The molecule has 0 aliphatic heterocycles. The van der Waals surface area contributed by atoms with Gasteiger partial charge in [-0.15, -0.1) is 0 Å². The Balaban J connectivity index is 2.46. The number of hydrazine groups is 1. The highest BCUT2D eigenvalue weighted by Gasteiger charge is 2.23. The van der Waals surface area contributed by atoms with Crippen molar-refractivity contribution in [1.82, 2.24) is 25.2 Å². The molecule has 2 aromatic rings. The van der Waals surface area contributed by atoms with Crippen molar-refractivity contribution in [2.75, 3.05) is 7.11 Å². The summed E-state index contributed by atoms with van der Waals surface area (Å²) in [5.41, 5.74) is 3.58. The van der Waals surface area contributed by atoms with Crippen LogP contribution in [0.4, 0.5) is 0 Å². The van der Waals surface area contributed by atoms with E-state index in [1.807, 2.05) is 11.6 Å². The van der Waals surface area contributed by atoms with Gasteiger partial charge >= 0.3 is 0 Å². The molecule has 0 aliphatic rings. The average molecular weight is 236 g/mol. The standard InChI is InChI=1S/C10H16N6O/c1-3-16-9(7(17-2)6-14-16)8(15-11)10-12-4-5-13-10/h4-6,8,15H,3,11H2,1-2H3,(H,12,13). The molecule has 0 amide bonds. The summed E-state index contributed by atoms with van der Waals surface area (Å²) in [6.07, 6.45) is 5.10. The number of aryl methyl sites for hydroxylation is 1. The number of rotatable bonds is 5. The molecule has 2 aromatic heterocycles. The molecule has 92 valence electrons. The summed E-state index contributed by atoms with van der Waals surface area (Å²) in [5, 5.41) is 4.24. The Hall–Kier alpha value is -1.86. The van der Waals surface area contributed by atoms with Gasteiger partial charge < -0.3 is 9.72 Å². The zero-order valence-corrected chi connectivity index (χ0v) is 9.84. The van der Waals surface area contributed by atoms with Gasteiger partial charge in [-0.1, -0.05) is 0 Å². The molecule has 0 radical (unpaired) electrons. The number of hydrogen-bond donors (Lipinski definition) is 3. The molecule has 0 bridgehead atoms. The first kappa shape index (κ1) is 11.6. The predicted octanol–water partition coefficient (Wildman–Crippen LogP) is 0.187. The first-order valence-electron chi connectivity index (χ1n) is 5.36. The van der Waals surface area contributed by atoms with E-state index in [9.17, 15) is 0 Å². The normalized spacial score (nSPS) is 12.6.